The smallest absolute Gasteiger partial charge is 0.260 e. The number of likely N-dealkylation sites (N-methyl/N-ethyl adjacent to an activating group) is 1. The first-order valence-corrected chi connectivity index (χ1v) is 10.8. The Kier molecular flexibility index (Phi) is 8.27. The molecule has 0 spiro atoms. The lowest BCUT2D eigenvalue weighted by Gasteiger charge is -2.25. The van der Waals surface area contributed by atoms with Gasteiger partial charge in [-0.3, -0.25) is 14.6 Å². The Hall–Kier alpha value is -3.09. The number of nitrogens with zero attached hydrogens (tertiary/aromatic N) is 3. The minimum absolute atomic E-state index is 0.0649. The molecule has 7 nitrogen and oxygen atoms in total. The van der Waals surface area contributed by atoms with E-state index in [2.05, 4.69) is 4.98 Å². The first-order chi connectivity index (χ1) is 15.1. The zero-order valence-corrected chi connectivity index (χ0v) is 18.3. The molecule has 31 heavy (non-hydrogen) atoms. The number of aromatic nitrogens is 1. The molecule has 3 rings (SSSR count). The quantitative estimate of drug-likeness (QED) is 0.523. The van der Waals surface area contributed by atoms with Crippen molar-refractivity contribution in [3.8, 4) is 11.5 Å². The van der Waals surface area contributed by atoms with Crippen LogP contribution in [0.5, 0.6) is 11.5 Å². The third-order valence-electron chi connectivity index (χ3n) is 5.45. The molecule has 2 amide bonds. The lowest BCUT2D eigenvalue weighted by molar-refractivity contribution is -0.136. The zero-order valence-electron chi connectivity index (χ0n) is 18.3. The van der Waals surface area contributed by atoms with Crippen LogP contribution < -0.4 is 9.47 Å². The molecule has 1 fully saturated rings. The molecule has 0 saturated heterocycles. The zero-order chi connectivity index (χ0) is 22.1. The van der Waals surface area contributed by atoms with Crippen LogP contribution in [-0.4, -0.2) is 66.0 Å². The molecule has 1 aromatic carbocycles. The third kappa shape index (κ3) is 6.70. The Bertz CT molecular complexity index is 855. The van der Waals surface area contributed by atoms with E-state index in [0.29, 0.717) is 37.6 Å². The van der Waals surface area contributed by atoms with Gasteiger partial charge in [0.1, 0.15) is 0 Å². The normalized spacial score (nSPS) is 12.8. The number of ether oxygens (including phenoxy) is 2. The van der Waals surface area contributed by atoms with E-state index in [-0.39, 0.29) is 24.5 Å². The fraction of sp³-hybridized carbons (Fsp3) is 0.458. The van der Waals surface area contributed by atoms with E-state index in [1.165, 1.54) is 0 Å². The number of pyridine rings is 1. The van der Waals surface area contributed by atoms with Crippen molar-refractivity contribution in [2.45, 2.75) is 38.6 Å². The number of benzene rings is 1. The van der Waals surface area contributed by atoms with E-state index in [9.17, 15) is 9.59 Å². The lowest BCUT2D eigenvalue weighted by atomic mass is 10.2. The summed E-state index contributed by atoms with van der Waals surface area (Å²) in [6.07, 6.45) is 6.60. The summed E-state index contributed by atoms with van der Waals surface area (Å²) in [5.41, 5.74) is 1.16. The van der Waals surface area contributed by atoms with Gasteiger partial charge < -0.3 is 19.3 Å². The Morgan fingerprint density at radius 3 is 2.39 bits per heavy atom. The van der Waals surface area contributed by atoms with Gasteiger partial charge >= 0.3 is 0 Å². The van der Waals surface area contributed by atoms with E-state index in [1.54, 1.807) is 36.5 Å². The van der Waals surface area contributed by atoms with Crippen LogP contribution in [0.15, 0.2) is 48.8 Å². The standard InChI is InChI=1S/C24H31N3O4/c1-3-26(16-12-19-10-14-25-15-11-19)23(28)13-17-27(20-8-9-20)24(29)18-31-22-7-5-4-6-21(22)30-2/h4-7,10-11,14-15,20H,3,8-9,12-13,16-18H2,1-2H3. The number of hydrogen-bond donors (Lipinski definition) is 0. The monoisotopic (exact) mass is 425 g/mol. The van der Waals surface area contributed by atoms with E-state index in [1.807, 2.05) is 36.1 Å². The minimum atomic E-state index is -0.0963. The van der Waals surface area contributed by atoms with Crippen LogP contribution in [0.1, 0.15) is 31.7 Å². The van der Waals surface area contributed by atoms with Gasteiger partial charge in [-0.1, -0.05) is 12.1 Å². The van der Waals surface area contributed by atoms with Gasteiger partial charge in [0.25, 0.3) is 5.91 Å². The van der Waals surface area contributed by atoms with Gasteiger partial charge in [0.05, 0.1) is 7.11 Å². The van der Waals surface area contributed by atoms with Gasteiger partial charge in [-0.15, -0.1) is 0 Å². The Balaban J connectivity index is 1.49. The molecule has 0 unspecified atom stereocenters. The summed E-state index contributed by atoms with van der Waals surface area (Å²) in [6.45, 7) is 3.65. The molecule has 0 atom stereocenters. The highest BCUT2D eigenvalue weighted by Crippen LogP contribution is 2.29. The maximum absolute atomic E-state index is 12.8. The number of rotatable bonds is 12. The highest BCUT2D eigenvalue weighted by Gasteiger charge is 2.33. The molecule has 1 heterocycles. The van der Waals surface area contributed by atoms with Crippen molar-refractivity contribution in [3.05, 3.63) is 54.4 Å². The van der Waals surface area contributed by atoms with Gasteiger partial charge in [-0.25, -0.2) is 0 Å². The average molecular weight is 426 g/mol. The number of hydrogen-bond acceptors (Lipinski definition) is 5. The molecule has 1 aliphatic rings. The second-order valence-corrected chi connectivity index (χ2v) is 7.59. The topological polar surface area (TPSA) is 72.0 Å². The molecular formula is C24H31N3O4. The van der Waals surface area contributed by atoms with Crippen LogP contribution in [0.4, 0.5) is 0 Å². The predicted octanol–water partition coefficient (Wildman–Crippen LogP) is 2.94. The molecule has 0 N–H and O–H groups in total. The maximum Gasteiger partial charge on any atom is 0.260 e. The van der Waals surface area contributed by atoms with Crippen molar-refractivity contribution < 1.29 is 19.1 Å². The second-order valence-electron chi connectivity index (χ2n) is 7.59. The second kappa shape index (κ2) is 11.3. The van der Waals surface area contributed by atoms with Crippen LogP contribution in [-0.2, 0) is 16.0 Å². The highest BCUT2D eigenvalue weighted by atomic mass is 16.5. The molecule has 7 heteroatoms. The summed E-state index contributed by atoms with van der Waals surface area (Å²) in [7, 11) is 1.57. The van der Waals surface area contributed by atoms with Gasteiger partial charge in [-0.05, 0) is 56.0 Å². The molecule has 1 aliphatic carbocycles. The number of carbonyl (C=O) groups is 2. The molecule has 0 aliphatic heterocycles. The Morgan fingerprint density at radius 1 is 1.03 bits per heavy atom. The van der Waals surface area contributed by atoms with Crippen LogP contribution in [0.3, 0.4) is 0 Å². The summed E-state index contributed by atoms with van der Waals surface area (Å²) in [6, 6.07) is 11.4. The van der Waals surface area contributed by atoms with E-state index < -0.39 is 0 Å². The summed E-state index contributed by atoms with van der Waals surface area (Å²) in [4.78, 5) is 33.2. The number of amides is 2. The maximum atomic E-state index is 12.8. The van der Waals surface area contributed by atoms with Crippen LogP contribution >= 0.6 is 0 Å². The van der Waals surface area contributed by atoms with Gasteiger partial charge in [0.2, 0.25) is 5.91 Å². The molecule has 2 aromatic rings. The Labute approximate surface area is 184 Å². The molecular weight excluding hydrogens is 394 g/mol. The number of carbonyl (C=O) groups excluding carboxylic acids is 2. The van der Waals surface area contributed by atoms with E-state index in [0.717, 1.165) is 24.8 Å². The third-order valence-corrected chi connectivity index (χ3v) is 5.45. The summed E-state index contributed by atoms with van der Waals surface area (Å²) < 4.78 is 11.0. The summed E-state index contributed by atoms with van der Waals surface area (Å²) in [5.74, 6) is 1.11. The van der Waals surface area contributed by atoms with Gasteiger partial charge in [0.15, 0.2) is 18.1 Å². The van der Waals surface area contributed by atoms with Crippen LogP contribution in [0.25, 0.3) is 0 Å². The minimum Gasteiger partial charge on any atom is -0.493 e. The average Bonchev–Trinajstić information content (AvgIpc) is 3.64. The fourth-order valence-electron chi connectivity index (χ4n) is 3.50. The van der Waals surface area contributed by atoms with Crippen molar-refractivity contribution >= 4 is 11.8 Å². The lowest BCUT2D eigenvalue weighted by Crippen LogP contribution is -2.40. The summed E-state index contributed by atoms with van der Waals surface area (Å²) in [5, 5.41) is 0. The molecule has 0 bridgehead atoms. The SMILES string of the molecule is CCN(CCc1ccncc1)C(=O)CCN(C(=O)COc1ccccc1OC)C1CC1. The van der Waals surface area contributed by atoms with E-state index >= 15 is 0 Å². The Morgan fingerprint density at radius 2 is 1.74 bits per heavy atom. The first-order valence-electron chi connectivity index (χ1n) is 10.8. The van der Waals surface area contributed by atoms with Crippen LogP contribution in [0, 0.1) is 0 Å². The molecule has 166 valence electrons. The number of methoxy groups -OCH3 is 1. The van der Waals surface area contributed by atoms with Crippen molar-refractivity contribution in [2.75, 3.05) is 33.4 Å². The van der Waals surface area contributed by atoms with Crippen molar-refractivity contribution in [2.24, 2.45) is 0 Å². The highest BCUT2D eigenvalue weighted by molar-refractivity contribution is 5.80. The fourth-order valence-corrected chi connectivity index (χ4v) is 3.50. The van der Waals surface area contributed by atoms with Crippen molar-refractivity contribution in [1.82, 2.24) is 14.8 Å². The van der Waals surface area contributed by atoms with Gasteiger partial charge in [-0.2, -0.15) is 0 Å². The predicted molar refractivity (Wildman–Crippen MR) is 118 cm³/mol. The van der Waals surface area contributed by atoms with Crippen molar-refractivity contribution in [1.29, 1.82) is 0 Å². The molecule has 1 aromatic heterocycles. The van der Waals surface area contributed by atoms with Crippen molar-refractivity contribution in [3.63, 3.8) is 0 Å². The number of para-hydroxylation sites is 2. The first kappa shape index (κ1) is 22.6. The van der Waals surface area contributed by atoms with Gasteiger partial charge in [0, 0.05) is 44.5 Å². The largest absolute Gasteiger partial charge is 0.493 e. The van der Waals surface area contributed by atoms with E-state index in [4.69, 9.17) is 9.47 Å². The summed E-state index contributed by atoms with van der Waals surface area (Å²) >= 11 is 0. The van der Waals surface area contributed by atoms with Crippen LogP contribution in [0.2, 0.25) is 0 Å². The molecule has 0 radical (unpaired) electrons. The molecule has 1 saturated carbocycles.